The number of pyridine rings is 1. The largest absolute Gasteiger partial charge is 0.494 e. The van der Waals surface area contributed by atoms with Gasteiger partial charge in [0.2, 0.25) is 0 Å². The minimum atomic E-state index is 0.684. The molecule has 0 spiro atoms. The van der Waals surface area contributed by atoms with E-state index in [1.807, 2.05) is 18.3 Å². The Balaban J connectivity index is 1.95. The lowest BCUT2D eigenvalue weighted by Crippen LogP contribution is -2.35. The van der Waals surface area contributed by atoms with E-state index in [2.05, 4.69) is 22.9 Å². The van der Waals surface area contributed by atoms with Crippen molar-refractivity contribution >= 4 is 16.6 Å². The molecule has 2 aromatic rings. The molecule has 0 radical (unpaired) electrons. The molecule has 22 heavy (non-hydrogen) atoms. The van der Waals surface area contributed by atoms with E-state index in [9.17, 15) is 0 Å². The lowest BCUT2D eigenvalue weighted by molar-refractivity contribution is 0.139. The van der Waals surface area contributed by atoms with Gasteiger partial charge in [-0.2, -0.15) is 0 Å². The summed E-state index contributed by atoms with van der Waals surface area (Å²) in [6, 6.07) is 6.16. The number of aromatic nitrogens is 1. The topological polar surface area (TPSA) is 34.6 Å². The van der Waals surface area contributed by atoms with Crippen LogP contribution in [-0.4, -0.2) is 38.9 Å². The molecule has 0 aliphatic carbocycles. The highest BCUT2D eigenvalue weighted by molar-refractivity contribution is 5.96. The van der Waals surface area contributed by atoms with Crippen LogP contribution in [0.1, 0.15) is 18.4 Å². The number of hydrogen-bond acceptors (Lipinski definition) is 4. The smallest absolute Gasteiger partial charge is 0.145 e. The van der Waals surface area contributed by atoms with Gasteiger partial charge in [0.15, 0.2) is 0 Å². The zero-order valence-corrected chi connectivity index (χ0v) is 13.6. The second-order valence-electron chi connectivity index (χ2n) is 6.03. The summed E-state index contributed by atoms with van der Waals surface area (Å²) in [7, 11) is 3.49. The van der Waals surface area contributed by atoms with Crippen molar-refractivity contribution in [3.8, 4) is 5.75 Å². The number of hydrogen-bond donors (Lipinski definition) is 0. The number of aryl methyl sites for hydroxylation is 1. The van der Waals surface area contributed by atoms with E-state index in [1.54, 1.807) is 14.2 Å². The van der Waals surface area contributed by atoms with Crippen LogP contribution in [0.15, 0.2) is 24.4 Å². The zero-order chi connectivity index (χ0) is 15.5. The van der Waals surface area contributed by atoms with Crippen LogP contribution < -0.4 is 9.64 Å². The average molecular weight is 300 g/mol. The third-order valence-corrected chi connectivity index (χ3v) is 4.57. The molecule has 0 unspecified atom stereocenters. The third kappa shape index (κ3) is 2.75. The van der Waals surface area contributed by atoms with E-state index in [1.165, 1.54) is 29.5 Å². The molecule has 0 saturated carbocycles. The van der Waals surface area contributed by atoms with Gasteiger partial charge in [0.25, 0.3) is 0 Å². The van der Waals surface area contributed by atoms with Crippen molar-refractivity contribution in [1.82, 2.24) is 4.98 Å². The van der Waals surface area contributed by atoms with Gasteiger partial charge in [-0.05, 0) is 37.3 Å². The molecule has 2 heterocycles. The Kier molecular flexibility index (Phi) is 4.48. The molecule has 1 aromatic carbocycles. The van der Waals surface area contributed by atoms with E-state index in [0.29, 0.717) is 5.92 Å². The fourth-order valence-electron chi connectivity index (χ4n) is 3.42. The van der Waals surface area contributed by atoms with Crippen LogP contribution in [-0.2, 0) is 4.74 Å². The molecule has 1 aliphatic rings. The van der Waals surface area contributed by atoms with Crippen LogP contribution in [0.25, 0.3) is 10.9 Å². The lowest BCUT2D eigenvalue weighted by Gasteiger charge is -2.35. The first-order chi connectivity index (χ1) is 10.7. The predicted molar refractivity (Wildman–Crippen MR) is 89.8 cm³/mol. The van der Waals surface area contributed by atoms with E-state index in [4.69, 9.17) is 9.47 Å². The highest BCUT2D eigenvalue weighted by atomic mass is 16.5. The molecule has 3 rings (SSSR count). The number of anilines is 1. The number of nitrogens with zero attached hydrogens (tertiary/aromatic N) is 2. The van der Waals surface area contributed by atoms with Crippen molar-refractivity contribution in [3.05, 3.63) is 30.0 Å². The highest BCUT2D eigenvalue weighted by Crippen LogP contribution is 2.35. The molecule has 1 saturated heterocycles. The summed E-state index contributed by atoms with van der Waals surface area (Å²) in [5.41, 5.74) is 3.48. The molecule has 118 valence electrons. The van der Waals surface area contributed by atoms with Crippen molar-refractivity contribution in [2.75, 3.05) is 38.8 Å². The number of rotatable bonds is 4. The van der Waals surface area contributed by atoms with Gasteiger partial charge >= 0.3 is 0 Å². The summed E-state index contributed by atoms with van der Waals surface area (Å²) in [6.07, 6.45) is 4.32. The van der Waals surface area contributed by atoms with Crippen LogP contribution in [0.3, 0.4) is 0 Å². The average Bonchev–Trinajstić information content (AvgIpc) is 2.55. The Morgan fingerprint density at radius 3 is 2.68 bits per heavy atom. The number of ether oxygens (including phenoxy) is 2. The Morgan fingerprint density at radius 2 is 2.00 bits per heavy atom. The molecule has 1 aromatic heterocycles. The fraction of sp³-hybridized carbons (Fsp3) is 0.500. The Labute approximate surface area is 132 Å². The van der Waals surface area contributed by atoms with E-state index in [-0.39, 0.29) is 0 Å². The first-order valence-corrected chi connectivity index (χ1v) is 7.90. The lowest BCUT2D eigenvalue weighted by atomic mass is 9.96. The Morgan fingerprint density at radius 1 is 1.23 bits per heavy atom. The predicted octanol–water partition coefficient (Wildman–Crippen LogP) is 3.41. The van der Waals surface area contributed by atoms with Gasteiger partial charge in [-0.3, -0.25) is 4.98 Å². The van der Waals surface area contributed by atoms with Crippen molar-refractivity contribution in [3.63, 3.8) is 0 Å². The maximum absolute atomic E-state index is 5.46. The Hall–Kier alpha value is -1.81. The molecule has 0 N–H and O–H groups in total. The number of para-hydroxylation sites is 1. The van der Waals surface area contributed by atoms with Crippen LogP contribution in [0.4, 0.5) is 5.69 Å². The second-order valence-corrected chi connectivity index (χ2v) is 6.03. The summed E-state index contributed by atoms with van der Waals surface area (Å²) < 4.78 is 10.8. The zero-order valence-electron chi connectivity index (χ0n) is 13.6. The van der Waals surface area contributed by atoms with Gasteiger partial charge in [0.1, 0.15) is 11.3 Å². The molecule has 0 atom stereocenters. The normalized spacial score (nSPS) is 16.2. The van der Waals surface area contributed by atoms with E-state index >= 15 is 0 Å². The fourth-order valence-corrected chi connectivity index (χ4v) is 3.42. The quantitative estimate of drug-likeness (QED) is 0.866. The summed E-state index contributed by atoms with van der Waals surface area (Å²) in [5, 5.41) is 1.18. The molecule has 4 nitrogen and oxygen atoms in total. The molecular formula is C18H24N2O2. The van der Waals surface area contributed by atoms with Crippen LogP contribution in [0.2, 0.25) is 0 Å². The van der Waals surface area contributed by atoms with E-state index < -0.39 is 0 Å². The van der Waals surface area contributed by atoms with Gasteiger partial charge in [-0.1, -0.05) is 12.1 Å². The van der Waals surface area contributed by atoms with Gasteiger partial charge in [-0.15, -0.1) is 0 Å². The maximum Gasteiger partial charge on any atom is 0.145 e. The highest BCUT2D eigenvalue weighted by Gasteiger charge is 2.22. The SMILES string of the molecule is COCC1CCN(c2c(C)cnc3c(OC)cccc23)CC1. The van der Waals surface area contributed by atoms with Crippen molar-refractivity contribution in [2.24, 2.45) is 5.92 Å². The Bertz CT molecular complexity index is 649. The van der Waals surface area contributed by atoms with E-state index in [0.717, 1.165) is 31.0 Å². The third-order valence-electron chi connectivity index (χ3n) is 4.57. The van der Waals surface area contributed by atoms with Gasteiger partial charge < -0.3 is 14.4 Å². The van der Waals surface area contributed by atoms with Crippen LogP contribution in [0.5, 0.6) is 5.75 Å². The number of methoxy groups -OCH3 is 2. The van der Waals surface area contributed by atoms with Crippen molar-refractivity contribution in [2.45, 2.75) is 19.8 Å². The number of fused-ring (bicyclic) bond motifs is 1. The monoisotopic (exact) mass is 300 g/mol. The maximum atomic E-state index is 5.46. The van der Waals surface area contributed by atoms with Crippen LogP contribution >= 0.6 is 0 Å². The van der Waals surface area contributed by atoms with Crippen molar-refractivity contribution in [1.29, 1.82) is 0 Å². The summed E-state index contributed by atoms with van der Waals surface area (Å²) in [5.74, 6) is 1.53. The standard InChI is InChI=1S/C18H24N2O2/c1-13-11-19-17-15(5-4-6-16(17)22-3)18(13)20-9-7-14(8-10-20)12-21-2/h4-6,11,14H,7-10,12H2,1-3H3. The molecular weight excluding hydrogens is 276 g/mol. The summed E-state index contributed by atoms with van der Waals surface area (Å²) in [6.45, 7) is 5.16. The van der Waals surface area contributed by atoms with Gasteiger partial charge in [0, 0.05) is 38.4 Å². The number of benzene rings is 1. The molecule has 1 fully saturated rings. The summed E-state index contributed by atoms with van der Waals surface area (Å²) >= 11 is 0. The minimum Gasteiger partial charge on any atom is -0.494 e. The number of piperidine rings is 1. The first-order valence-electron chi connectivity index (χ1n) is 7.90. The molecule has 0 bridgehead atoms. The van der Waals surface area contributed by atoms with Crippen molar-refractivity contribution < 1.29 is 9.47 Å². The first kappa shape index (κ1) is 15.1. The molecule has 0 amide bonds. The minimum absolute atomic E-state index is 0.684. The summed E-state index contributed by atoms with van der Waals surface area (Å²) in [4.78, 5) is 7.07. The van der Waals surface area contributed by atoms with Gasteiger partial charge in [0.05, 0.1) is 12.8 Å². The van der Waals surface area contributed by atoms with Gasteiger partial charge in [-0.25, -0.2) is 0 Å². The second kappa shape index (κ2) is 6.53. The van der Waals surface area contributed by atoms with Crippen LogP contribution in [0, 0.1) is 12.8 Å². The molecule has 1 aliphatic heterocycles. The molecule has 4 heteroatoms.